The summed E-state index contributed by atoms with van der Waals surface area (Å²) >= 11 is 0. The van der Waals surface area contributed by atoms with Crippen molar-refractivity contribution in [2.45, 2.75) is 46.1 Å². The van der Waals surface area contributed by atoms with Gasteiger partial charge >= 0.3 is 0 Å². The third-order valence-corrected chi connectivity index (χ3v) is 5.22. The number of rotatable bonds is 1. The van der Waals surface area contributed by atoms with Crippen molar-refractivity contribution in [1.29, 1.82) is 0 Å². The minimum atomic E-state index is 0.124. The van der Waals surface area contributed by atoms with Crippen molar-refractivity contribution in [3.8, 4) is 0 Å². The second-order valence-electron chi connectivity index (χ2n) is 6.44. The molecule has 1 amide bonds. The zero-order valence-corrected chi connectivity index (χ0v) is 12.6. The summed E-state index contributed by atoms with van der Waals surface area (Å²) in [5, 5.41) is 0. The maximum absolute atomic E-state index is 12.8. The lowest BCUT2D eigenvalue weighted by molar-refractivity contribution is 0.0781. The van der Waals surface area contributed by atoms with E-state index in [1.807, 2.05) is 25.7 Å². The summed E-state index contributed by atoms with van der Waals surface area (Å²) in [5.74, 6) is 2.79. The molecule has 4 nitrogen and oxygen atoms in total. The first-order valence-electron chi connectivity index (χ1n) is 7.60. The van der Waals surface area contributed by atoms with Crippen LogP contribution in [-0.2, 0) is 0 Å². The highest BCUT2D eigenvalue weighted by Crippen LogP contribution is 2.36. The smallest absolute Gasteiger partial charge is 0.257 e. The number of carbonyl (C=O) groups is 1. The van der Waals surface area contributed by atoms with E-state index < -0.39 is 0 Å². The maximum Gasteiger partial charge on any atom is 0.257 e. The summed E-state index contributed by atoms with van der Waals surface area (Å²) in [6.45, 7) is 7.43. The molecule has 20 heavy (non-hydrogen) atoms. The first kappa shape index (κ1) is 13.7. The summed E-state index contributed by atoms with van der Waals surface area (Å²) < 4.78 is 5.59. The summed E-state index contributed by atoms with van der Waals surface area (Å²) in [6, 6.07) is 0.264. The molecule has 3 atom stereocenters. The van der Waals surface area contributed by atoms with Gasteiger partial charge in [0.25, 0.3) is 5.91 Å². The fraction of sp³-hybridized carbons (Fsp3) is 0.688. The molecule has 0 radical (unpaired) electrons. The molecule has 1 saturated carbocycles. The van der Waals surface area contributed by atoms with Gasteiger partial charge in [0.2, 0.25) is 0 Å². The van der Waals surface area contributed by atoms with Gasteiger partial charge in [0, 0.05) is 24.7 Å². The van der Waals surface area contributed by atoms with E-state index in [-0.39, 0.29) is 11.9 Å². The van der Waals surface area contributed by atoms with Gasteiger partial charge < -0.3 is 15.1 Å². The predicted molar refractivity (Wildman–Crippen MR) is 77.6 cm³/mol. The van der Waals surface area contributed by atoms with Gasteiger partial charge in [-0.2, -0.15) is 0 Å². The van der Waals surface area contributed by atoms with Crippen LogP contribution in [0.2, 0.25) is 0 Å². The van der Waals surface area contributed by atoms with Crippen molar-refractivity contribution in [1.82, 2.24) is 4.90 Å². The zero-order valence-electron chi connectivity index (χ0n) is 12.6. The van der Waals surface area contributed by atoms with Crippen molar-refractivity contribution >= 4 is 5.91 Å². The number of fused-ring (bicyclic) bond motifs is 1. The number of hydrogen-bond acceptors (Lipinski definition) is 3. The van der Waals surface area contributed by atoms with Crippen LogP contribution in [0.4, 0.5) is 0 Å². The van der Waals surface area contributed by atoms with E-state index in [1.54, 1.807) is 0 Å². The number of amides is 1. The van der Waals surface area contributed by atoms with Crippen molar-refractivity contribution < 1.29 is 9.21 Å². The third-order valence-electron chi connectivity index (χ3n) is 5.22. The first-order chi connectivity index (χ1) is 9.49. The van der Waals surface area contributed by atoms with Gasteiger partial charge in [-0.05, 0) is 45.4 Å². The summed E-state index contributed by atoms with van der Waals surface area (Å²) in [7, 11) is 0. The fourth-order valence-electron chi connectivity index (χ4n) is 3.95. The lowest BCUT2D eigenvalue weighted by Crippen LogP contribution is -2.38. The molecule has 1 aliphatic heterocycles. The highest BCUT2D eigenvalue weighted by atomic mass is 16.3. The average Bonchev–Trinajstić information content (AvgIpc) is 2.93. The molecule has 3 unspecified atom stereocenters. The standard InChI is InChI=1S/C16H24N2O2/c1-9-10(2)20-11(3)15(9)16(19)18-7-12-5-4-6-14(17)13(12)8-18/h12-14H,4-8,17H2,1-3H3. The number of nitrogens with zero attached hydrogens (tertiary/aromatic N) is 1. The van der Waals surface area contributed by atoms with E-state index in [0.29, 0.717) is 11.8 Å². The van der Waals surface area contributed by atoms with Crippen LogP contribution in [-0.4, -0.2) is 29.9 Å². The highest BCUT2D eigenvalue weighted by molar-refractivity contribution is 5.97. The van der Waals surface area contributed by atoms with Crippen molar-refractivity contribution in [3.63, 3.8) is 0 Å². The van der Waals surface area contributed by atoms with Gasteiger partial charge in [-0.1, -0.05) is 6.42 Å². The molecule has 1 aromatic heterocycles. The molecule has 0 spiro atoms. The van der Waals surface area contributed by atoms with Gasteiger partial charge in [-0.25, -0.2) is 0 Å². The molecule has 1 aromatic rings. The number of hydrogen-bond donors (Lipinski definition) is 1. The Morgan fingerprint density at radius 3 is 2.55 bits per heavy atom. The van der Waals surface area contributed by atoms with Gasteiger partial charge in [-0.3, -0.25) is 4.79 Å². The third kappa shape index (κ3) is 2.06. The van der Waals surface area contributed by atoms with Gasteiger partial charge in [0.15, 0.2) is 0 Å². The molecule has 2 N–H and O–H groups in total. The molecule has 4 heteroatoms. The van der Waals surface area contributed by atoms with Gasteiger partial charge in [0.05, 0.1) is 5.56 Å². The Bertz CT molecular complexity index is 535. The lowest BCUT2D eigenvalue weighted by Gasteiger charge is -2.29. The summed E-state index contributed by atoms with van der Waals surface area (Å²) in [5.41, 5.74) is 7.97. The van der Waals surface area contributed by atoms with Crippen LogP contribution in [0.3, 0.4) is 0 Å². The second-order valence-corrected chi connectivity index (χ2v) is 6.44. The van der Waals surface area contributed by atoms with E-state index >= 15 is 0 Å². The van der Waals surface area contributed by atoms with Crippen molar-refractivity contribution in [2.24, 2.45) is 17.6 Å². The lowest BCUT2D eigenvalue weighted by atomic mass is 9.78. The first-order valence-corrected chi connectivity index (χ1v) is 7.60. The number of aryl methyl sites for hydroxylation is 2. The SMILES string of the molecule is Cc1oc(C)c(C(=O)N2CC3CCCC(N)C3C2)c1C. The van der Waals surface area contributed by atoms with E-state index in [2.05, 4.69) is 0 Å². The molecule has 2 heterocycles. The molecular formula is C16H24N2O2. The molecule has 1 saturated heterocycles. The van der Waals surface area contributed by atoms with Crippen LogP contribution in [0, 0.1) is 32.6 Å². The number of carbonyl (C=O) groups excluding carboxylic acids is 1. The molecule has 3 rings (SSSR count). The van der Waals surface area contributed by atoms with E-state index in [4.69, 9.17) is 10.2 Å². The second kappa shape index (κ2) is 4.92. The normalized spacial score (nSPS) is 29.6. The van der Waals surface area contributed by atoms with Crippen LogP contribution < -0.4 is 5.73 Å². The van der Waals surface area contributed by atoms with Crippen molar-refractivity contribution in [3.05, 3.63) is 22.6 Å². The minimum absolute atomic E-state index is 0.124. The van der Waals surface area contributed by atoms with Crippen LogP contribution >= 0.6 is 0 Å². The van der Waals surface area contributed by atoms with Gasteiger partial charge in [0.1, 0.15) is 11.5 Å². The Morgan fingerprint density at radius 1 is 1.20 bits per heavy atom. The van der Waals surface area contributed by atoms with E-state index in [9.17, 15) is 4.79 Å². The van der Waals surface area contributed by atoms with Crippen LogP contribution in [0.15, 0.2) is 4.42 Å². The topological polar surface area (TPSA) is 59.5 Å². The quantitative estimate of drug-likeness (QED) is 0.857. The van der Waals surface area contributed by atoms with E-state index in [1.165, 1.54) is 12.8 Å². The van der Waals surface area contributed by atoms with Crippen LogP contribution in [0.1, 0.15) is 46.7 Å². The molecule has 110 valence electrons. The summed E-state index contributed by atoms with van der Waals surface area (Å²) in [6.07, 6.45) is 3.52. The molecule has 0 aromatic carbocycles. The van der Waals surface area contributed by atoms with E-state index in [0.717, 1.165) is 42.2 Å². The Balaban J connectivity index is 1.82. The fourth-order valence-corrected chi connectivity index (χ4v) is 3.95. The minimum Gasteiger partial charge on any atom is -0.466 e. The number of furan rings is 1. The average molecular weight is 276 g/mol. The van der Waals surface area contributed by atoms with Gasteiger partial charge in [-0.15, -0.1) is 0 Å². The van der Waals surface area contributed by atoms with Crippen LogP contribution in [0.25, 0.3) is 0 Å². The molecule has 2 fully saturated rings. The molecule has 1 aliphatic carbocycles. The molecule has 2 aliphatic rings. The van der Waals surface area contributed by atoms with Crippen molar-refractivity contribution in [2.75, 3.05) is 13.1 Å². The monoisotopic (exact) mass is 276 g/mol. The Morgan fingerprint density at radius 2 is 1.95 bits per heavy atom. The predicted octanol–water partition coefficient (Wildman–Crippen LogP) is 2.40. The largest absolute Gasteiger partial charge is 0.466 e. The van der Waals surface area contributed by atoms with Crippen LogP contribution in [0.5, 0.6) is 0 Å². The molecular weight excluding hydrogens is 252 g/mol. The summed E-state index contributed by atoms with van der Waals surface area (Å²) in [4.78, 5) is 14.8. The zero-order chi connectivity index (χ0) is 14.4. The Labute approximate surface area is 120 Å². The number of likely N-dealkylation sites (tertiary alicyclic amines) is 1. The maximum atomic E-state index is 12.8. The Hall–Kier alpha value is -1.29. The highest BCUT2D eigenvalue weighted by Gasteiger charge is 2.41. The molecule has 0 bridgehead atoms. The Kier molecular flexibility index (Phi) is 3.36. The number of nitrogens with two attached hydrogens (primary N) is 1.